The Balaban J connectivity index is 2.27. The van der Waals surface area contributed by atoms with Gasteiger partial charge in [0.2, 0.25) is 0 Å². The molecule has 2 heterocycles. The molecule has 0 saturated carbocycles. The van der Waals surface area contributed by atoms with Crippen LogP contribution < -0.4 is 10.6 Å². The Bertz CT molecular complexity index is 451. The van der Waals surface area contributed by atoms with E-state index >= 15 is 0 Å². The predicted molar refractivity (Wildman–Crippen MR) is 85.1 cm³/mol. The summed E-state index contributed by atoms with van der Waals surface area (Å²) in [6.07, 6.45) is 1.18. The summed E-state index contributed by atoms with van der Waals surface area (Å²) < 4.78 is 2.32. The molecule has 0 amide bonds. The Hall–Kier alpha value is -0.840. The molecular formula is C14H26N4S. The van der Waals surface area contributed by atoms with E-state index in [0.29, 0.717) is 10.7 Å². The molecule has 0 aromatic carbocycles. The van der Waals surface area contributed by atoms with Crippen molar-refractivity contribution < 1.29 is 0 Å². The fourth-order valence-corrected chi connectivity index (χ4v) is 3.69. The zero-order chi connectivity index (χ0) is 14.2. The number of anilines is 2. The average Bonchev–Trinajstić information content (AvgIpc) is 2.48. The highest BCUT2D eigenvalue weighted by molar-refractivity contribution is 8.00. The largest absolute Gasteiger partial charge is 0.394 e. The van der Waals surface area contributed by atoms with Gasteiger partial charge in [-0.2, -0.15) is 16.9 Å². The van der Waals surface area contributed by atoms with E-state index in [2.05, 4.69) is 49.5 Å². The second-order valence-corrected chi connectivity index (χ2v) is 8.05. The van der Waals surface area contributed by atoms with E-state index in [-0.39, 0.29) is 0 Å². The second kappa shape index (κ2) is 5.27. The van der Waals surface area contributed by atoms with Gasteiger partial charge in [0.05, 0.1) is 11.4 Å². The standard InChI is InChI=1S/C14H26N4S/c1-10(2)12-11(15)13(17(5)16-12)18-7-6-14(3,4)19-9-8-18/h10H,6-9,15H2,1-5H3. The first-order valence-corrected chi connectivity index (χ1v) is 8.01. The van der Waals surface area contributed by atoms with Crippen LogP contribution in [0, 0.1) is 0 Å². The lowest BCUT2D eigenvalue weighted by Gasteiger charge is -2.24. The van der Waals surface area contributed by atoms with Gasteiger partial charge >= 0.3 is 0 Å². The fraction of sp³-hybridized carbons (Fsp3) is 0.786. The first kappa shape index (κ1) is 14.6. The van der Waals surface area contributed by atoms with Crippen molar-refractivity contribution >= 4 is 23.3 Å². The Kier molecular flexibility index (Phi) is 4.04. The Morgan fingerprint density at radius 2 is 2.00 bits per heavy atom. The van der Waals surface area contributed by atoms with Crippen molar-refractivity contribution in [2.45, 2.75) is 44.8 Å². The van der Waals surface area contributed by atoms with E-state index < -0.39 is 0 Å². The highest BCUT2D eigenvalue weighted by Crippen LogP contribution is 2.35. The zero-order valence-corrected chi connectivity index (χ0v) is 13.5. The number of nitrogens with zero attached hydrogens (tertiary/aromatic N) is 3. The van der Waals surface area contributed by atoms with E-state index in [9.17, 15) is 0 Å². The lowest BCUT2D eigenvalue weighted by Crippen LogP contribution is -2.29. The van der Waals surface area contributed by atoms with E-state index in [1.807, 2.05) is 11.7 Å². The molecule has 108 valence electrons. The molecule has 0 bridgehead atoms. The third-order valence-corrected chi connectivity index (χ3v) is 5.14. The summed E-state index contributed by atoms with van der Waals surface area (Å²) in [6.45, 7) is 11.0. The van der Waals surface area contributed by atoms with Crippen molar-refractivity contribution in [3.05, 3.63) is 5.69 Å². The SMILES string of the molecule is CC(C)c1nn(C)c(N2CCSC(C)(C)CC2)c1N. The van der Waals surface area contributed by atoms with Gasteiger partial charge in [0.15, 0.2) is 0 Å². The molecule has 0 spiro atoms. The molecule has 2 rings (SSSR count). The fourth-order valence-electron chi connectivity index (χ4n) is 2.59. The van der Waals surface area contributed by atoms with Crippen LogP contribution in [0.5, 0.6) is 0 Å². The van der Waals surface area contributed by atoms with Crippen LogP contribution in [0.4, 0.5) is 11.5 Å². The minimum Gasteiger partial charge on any atom is -0.394 e. The van der Waals surface area contributed by atoms with Crippen molar-refractivity contribution in [1.29, 1.82) is 0 Å². The molecule has 1 aliphatic heterocycles. The molecule has 5 heteroatoms. The molecule has 1 saturated heterocycles. The number of nitrogen functional groups attached to an aromatic ring is 1. The van der Waals surface area contributed by atoms with Crippen LogP contribution in [0.3, 0.4) is 0 Å². The third kappa shape index (κ3) is 3.02. The van der Waals surface area contributed by atoms with Crippen LogP contribution >= 0.6 is 11.8 Å². The van der Waals surface area contributed by atoms with Crippen molar-refractivity contribution in [2.24, 2.45) is 7.05 Å². The summed E-state index contributed by atoms with van der Waals surface area (Å²) in [6, 6.07) is 0. The Morgan fingerprint density at radius 1 is 1.32 bits per heavy atom. The van der Waals surface area contributed by atoms with Gasteiger partial charge in [0, 0.05) is 30.6 Å². The second-order valence-electron chi connectivity index (χ2n) is 6.25. The Morgan fingerprint density at radius 3 is 2.58 bits per heavy atom. The summed E-state index contributed by atoms with van der Waals surface area (Å²) in [5.41, 5.74) is 8.21. The molecule has 0 atom stereocenters. The zero-order valence-electron chi connectivity index (χ0n) is 12.7. The van der Waals surface area contributed by atoms with Gasteiger partial charge in [0.1, 0.15) is 5.82 Å². The summed E-state index contributed by atoms with van der Waals surface area (Å²) in [5, 5.41) is 4.60. The van der Waals surface area contributed by atoms with Gasteiger partial charge in [-0.1, -0.05) is 27.7 Å². The van der Waals surface area contributed by atoms with Crippen LogP contribution in [0.2, 0.25) is 0 Å². The summed E-state index contributed by atoms with van der Waals surface area (Å²) >= 11 is 2.05. The topological polar surface area (TPSA) is 47.1 Å². The van der Waals surface area contributed by atoms with Gasteiger partial charge < -0.3 is 10.6 Å². The van der Waals surface area contributed by atoms with Crippen molar-refractivity contribution in [1.82, 2.24) is 9.78 Å². The molecule has 1 aliphatic rings. The maximum absolute atomic E-state index is 6.32. The predicted octanol–water partition coefficient (Wildman–Crippen LogP) is 2.85. The minimum absolute atomic E-state index is 0.364. The molecule has 4 nitrogen and oxygen atoms in total. The van der Waals surface area contributed by atoms with E-state index in [0.717, 1.165) is 36.0 Å². The van der Waals surface area contributed by atoms with Crippen molar-refractivity contribution in [3.8, 4) is 0 Å². The maximum Gasteiger partial charge on any atom is 0.150 e. The average molecular weight is 282 g/mol. The smallest absolute Gasteiger partial charge is 0.150 e. The van der Waals surface area contributed by atoms with Gasteiger partial charge in [-0.15, -0.1) is 0 Å². The minimum atomic E-state index is 0.364. The normalized spacial score (nSPS) is 19.8. The molecule has 19 heavy (non-hydrogen) atoms. The van der Waals surface area contributed by atoms with Gasteiger partial charge in [-0.3, -0.25) is 4.68 Å². The summed E-state index contributed by atoms with van der Waals surface area (Å²) in [4.78, 5) is 2.40. The first-order valence-electron chi connectivity index (χ1n) is 7.03. The molecule has 1 aromatic rings. The number of hydrogen-bond acceptors (Lipinski definition) is 4. The summed E-state index contributed by atoms with van der Waals surface area (Å²) in [5.74, 6) is 2.62. The lowest BCUT2D eigenvalue weighted by molar-refractivity contribution is 0.622. The number of rotatable bonds is 2. The monoisotopic (exact) mass is 282 g/mol. The Labute approximate surface area is 120 Å². The molecule has 1 aromatic heterocycles. The number of thioether (sulfide) groups is 1. The van der Waals surface area contributed by atoms with E-state index in [1.54, 1.807) is 0 Å². The van der Waals surface area contributed by atoms with Crippen LogP contribution in [0.1, 0.15) is 45.7 Å². The highest BCUT2D eigenvalue weighted by Gasteiger charge is 2.27. The summed E-state index contributed by atoms with van der Waals surface area (Å²) in [7, 11) is 2.00. The molecule has 0 unspecified atom stereocenters. The molecule has 0 radical (unpaired) electrons. The van der Waals surface area contributed by atoms with Gasteiger partial charge in [-0.05, 0) is 12.3 Å². The molecule has 2 N–H and O–H groups in total. The number of nitrogens with two attached hydrogens (primary N) is 1. The van der Waals surface area contributed by atoms with Gasteiger partial charge in [0.25, 0.3) is 0 Å². The third-order valence-electron chi connectivity index (χ3n) is 3.77. The van der Waals surface area contributed by atoms with Crippen LogP contribution in [0.25, 0.3) is 0 Å². The van der Waals surface area contributed by atoms with E-state index in [4.69, 9.17) is 5.73 Å². The molecule has 0 aliphatic carbocycles. The molecular weight excluding hydrogens is 256 g/mol. The highest BCUT2D eigenvalue weighted by atomic mass is 32.2. The number of aromatic nitrogens is 2. The maximum atomic E-state index is 6.32. The lowest BCUT2D eigenvalue weighted by atomic mass is 10.1. The van der Waals surface area contributed by atoms with Crippen LogP contribution in [-0.4, -0.2) is 33.4 Å². The van der Waals surface area contributed by atoms with Gasteiger partial charge in [-0.25, -0.2) is 0 Å². The van der Waals surface area contributed by atoms with Crippen molar-refractivity contribution in [3.63, 3.8) is 0 Å². The van der Waals surface area contributed by atoms with Crippen LogP contribution in [0.15, 0.2) is 0 Å². The number of aryl methyl sites for hydroxylation is 1. The van der Waals surface area contributed by atoms with Crippen LogP contribution in [-0.2, 0) is 7.05 Å². The van der Waals surface area contributed by atoms with E-state index in [1.165, 1.54) is 6.42 Å². The first-order chi connectivity index (χ1) is 8.82. The molecule has 1 fully saturated rings. The number of hydrogen-bond donors (Lipinski definition) is 1. The van der Waals surface area contributed by atoms with Crippen molar-refractivity contribution in [2.75, 3.05) is 29.5 Å². The quantitative estimate of drug-likeness (QED) is 0.906.